The van der Waals surface area contributed by atoms with E-state index in [0.29, 0.717) is 30.3 Å². The fourth-order valence-electron chi connectivity index (χ4n) is 3.38. The molecular formula is C23H24N4O2S2. The fourth-order valence-corrected chi connectivity index (χ4v) is 4.67. The normalized spacial score (nSPS) is 15.7. The zero-order chi connectivity index (χ0) is 21.6. The summed E-state index contributed by atoms with van der Waals surface area (Å²) in [6.07, 6.45) is 2.01. The fraction of sp³-hybridized carbons (Fsp3) is 0.304. The van der Waals surface area contributed by atoms with Crippen molar-refractivity contribution in [3.05, 3.63) is 76.3 Å². The van der Waals surface area contributed by atoms with Gasteiger partial charge in [0, 0.05) is 30.1 Å². The van der Waals surface area contributed by atoms with Gasteiger partial charge in [0.1, 0.15) is 5.01 Å². The molecule has 160 valence electrons. The van der Waals surface area contributed by atoms with Gasteiger partial charge in [0.25, 0.3) is 5.95 Å². The zero-order valence-electron chi connectivity index (χ0n) is 17.5. The molecule has 1 aromatic heterocycles. The standard InChI is InChI=1S/C23H24N4O2S2/c1-16(18-9-6-10-19(15-18)20(28)17-7-4-3-5-8-17)21-24-22(26-31-21)25-23(30-2)27-11-13-29-14-12-27/h3-10,15-16H,11-14H2,1-2H3. The van der Waals surface area contributed by atoms with E-state index in [1.165, 1.54) is 11.5 Å². The van der Waals surface area contributed by atoms with Crippen LogP contribution in [0.4, 0.5) is 5.95 Å². The summed E-state index contributed by atoms with van der Waals surface area (Å²) in [5.41, 5.74) is 2.40. The van der Waals surface area contributed by atoms with Crippen LogP contribution >= 0.6 is 23.3 Å². The highest BCUT2D eigenvalue weighted by molar-refractivity contribution is 8.13. The summed E-state index contributed by atoms with van der Waals surface area (Å²) >= 11 is 2.95. The van der Waals surface area contributed by atoms with Crippen LogP contribution in [0.15, 0.2) is 59.6 Å². The van der Waals surface area contributed by atoms with Crippen LogP contribution in [0.2, 0.25) is 0 Å². The van der Waals surface area contributed by atoms with Crippen molar-refractivity contribution in [1.29, 1.82) is 0 Å². The number of nitrogens with zero attached hydrogens (tertiary/aromatic N) is 4. The lowest BCUT2D eigenvalue weighted by Crippen LogP contribution is -2.39. The molecule has 0 radical (unpaired) electrons. The first-order valence-corrected chi connectivity index (χ1v) is 12.1. The van der Waals surface area contributed by atoms with Crippen LogP contribution in [-0.2, 0) is 4.74 Å². The first-order valence-electron chi connectivity index (χ1n) is 10.1. The van der Waals surface area contributed by atoms with Gasteiger partial charge in [-0.05, 0) is 29.4 Å². The molecule has 8 heteroatoms. The molecular weight excluding hydrogens is 428 g/mol. The van der Waals surface area contributed by atoms with Crippen molar-refractivity contribution in [2.75, 3.05) is 32.6 Å². The summed E-state index contributed by atoms with van der Waals surface area (Å²) in [6.45, 7) is 5.16. The molecule has 2 aromatic carbocycles. The lowest BCUT2D eigenvalue weighted by molar-refractivity contribution is 0.0693. The molecule has 1 aliphatic heterocycles. The van der Waals surface area contributed by atoms with Crippen molar-refractivity contribution in [3.63, 3.8) is 0 Å². The van der Waals surface area contributed by atoms with Crippen LogP contribution in [0.1, 0.15) is 39.3 Å². The van der Waals surface area contributed by atoms with Crippen molar-refractivity contribution in [2.45, 2.75) is 12.8 Å². The molecule has 1 atom stereocenters. The second-order valence-electron chi connectivity index (χ2n) is 7.17. The number of hydrogen-bond acceptors (Lipinski definition) is 7. The molecule has 0 N–H and O–H groups in total. The summed E-state index contributed by atoms with van der Waals surface area (Å²) in [5.74, 6) is 0.526. The van der Waals surface area contributed by atoms with Gasteiger partial charge in [0.2, 0.25) is 0 Å². The Kier molecular flexibility index (Phi) is 7.11. The molecule has 6 nitrogen and oxygen atoms in total. The molecule has 0 aliphatic carbocycles. The molecule has 1 aliphatic rings. The van der Waals surface area contributed by atoms with E-state index in [-0.39, 0.29) is 11.7 Å². The molecule has 4 rings (SSSR count). The average Bonchev–Trinajstić information content (AvgIpc) is 3.31. The second kappa shape index (κ2) is 10.2. The molecule has 0 saturated carbocycles. The van der Waals surface area contributed by atoms with Gasteiger partial charge in [-0.2, -0.15) is 9.37 Å². The number of aliphatic imine (C=N–C) groups is 1. The maximum absolute atomic E-state index is 12.8. The molecule has 2 heterocycles. The Bertz CT molecular complexity index is 1060. The minimum atomic E-state index is 0.0195. The number of benzene rings is 2. The van der Waals surface area contributed by atoms with Crippen molar-refractivity contribution in [3.8, 4) is 0 Å². The van der Waals surface area contributed by atoms with Gasteiger partial charge in [-0.25, -0.2) is 4.98 Å². The highest BCUT2D eigenvalue weighted by atomic mass is 32.2. The number of ketones is 1. The molecule has 0 bridgehead atoms. The van der Waals surface area contributed by atoms with Gasteiger partial charge >= 0.3 is 0 Å². The predicted molar refractivity (Wildman–Crippen MR) is 127 cm³/mol. The molecule has 3 aromatic rings. The topological polar surface area (TPSA) is 67.7 Å². The summed E-state index contributed by atoms with van der Waals surface area (Å²) in [7, 11) is 0. The molecule has 0 spiro atoms. The largest absolute Gasteiger partial charge is 0.378 e. The van der Waals surface area contributed by atoms with Crippen LogP contribution in [0.5, 0.6) is 0 Å². The van der Waals surface area contributed by atoms with E-state index in [2.05, 4.69) is 26.2 Å². The van der Waals surface area contributed by atoms with Gasteiger partial charge in [-0.3, -0.25) is 4.79 Å². The zero-order valence-corrected chi connectivity index (χ0v) is 19.2. The summed E-state index contributed by atoms with van der Waals surface area (Å²) in [5, 5.41) is 1.79. The van der Waals surface area contributed by atoms with E-state index < -0.39 is 0 Å². The number of thioether (sulfide) groups is 1. The molecule has 1 fully saturated rings. The van der Waals surface area contributed by atoms with Crippen LogP contribution in [0.25, 0.3) is 0 Å². The van der Waals surface area contributed by atoms with Crippen LogP contribution in [0, 0.1) is 0 Å². The molecule has 1 unspecified atom stereocenters. The highest BCUT2D eigenvalue weighted by Gasteiger charge is 2.19. The minimum absolute atomic E-state index is 0.0195. The summed E-state index contributed by atoms with van der Waals surface area (Å²) in [6, 6.07) is 17.1. The highest BCUT2D eigenvalue weighted by Crippen LogP contribution is 2.29. The Morgan fingerprint density at radius 2 is 1.87 bits per heavy atom. The van der Waals surface area contributed by atoms with Crippen molar-refractivity contribution in [1.82, 2.24) is 14.3 Å². The Labute approximate surface area is 190 Å². The Morgan fingerprint density at radius 3 is 2.61 bits per heavy atom. The van der Waals surface area contributed by atoms with Gasteiger partial charge in [0.15, 0.2) is 11.0 Å². The molecule has 0 amide bonds. The van der Waals surface area contributed by atoms with Gasteiger partial charge in [0.05, 0.1) is 13.2 Å². The Hall–Kier alpha value is -2.55. The quantitative estimate of drug-likeness (QED) is 0.320. The number of morpholine rings is 1. The monoisotopic (exact) mass is 452 g/mol. The molecule has 31 heavy (non-hydrogen) atoms. The van der Waals surface area contributed by atoms with E-state index >= 15 is 0 Å². The smallest absolute Gasteiger partial charge is 0.263 e. The Balaban J connectivity index is 1.53. The van der Waals surface area contributed by atoms with Gasteiger partial charge in [-0.15, -0.1) is 0 Å². The van der Waals surface area contributed by atoms with Crippen LogP contribution < -0.4 is 0 Å². The maximum atomic E-state index is 12.8. The number of rotatable bonds is 5. The van der Waals surface area contributed by atoms with Crippen LogP contribution in [-0.4, -0.2) is 57.8 Å². The number of carbonyl (C=O) groups is 1. The Morgan fingerprint density at radius 1 is 1.13 bits per heavy atom. The minimum Gasteiger partial charge on any atom is -0.378 e. The molecule has 1 saturated heterocycles. The van der Waals surface area contributed by atoms with Crippen molar-refractivity contribution >= 4 is 40.2 Å². The average molecular weight is 453 g/mol. The first-order chi connectivity index (χ1) is 15.2. The van der Waals surface area contributed by atoms with E-state index in [1.807, 2.05) is 60.9 Å². The van der Waals surface area contributed by atoms with Gasteiger partial charge < -0.3 is 9.64 Å². The van der Waals surface area contributed by atoms with E-state index in [4.69, 9.17) is 4.74 Å². The third kappa shape index (κ3) is 5.20. The SMILES string of the molecule is CSC(=Nc1nsc(C(C)c2cccc(C(=O)c3ccccc3)c2)n1)N1CCOCC1. The van der Waals surface area contributed by atoms with E-state index in [1.54, 1.807) is 11.8 Å². The maximum Gasteiger partial charge on any atom is 0.263 e. The number of hydrogen-bond donors (Lipinski definition) is 0. The number of carbonyl (C=O) groups excluding carboxylic acids is 1. The third-order valence-corrected chi connectivity index (χ3v) is 6.75. The predicted octanol–water partition coefficient (Wildman–Crippen LogP) is 4.60. The number of aromatic nitrogens is 2. The third-order valence-electron chi connectivity index (χ3n) is 5.15. The van der Waals surface area contributed by atoms with Gasteiger partial charge in [-0.1, -0.05) is 67.2 Å². The van der Waals surface area contributed by atoms with Crippen molar-refractivity contribution < 1.29 is 9.53 Å². The summed E-state index contributed by atoms with van der Waals surface area (Å²) < 4.78 is 9.88. The second-order valence-corrected chi connectivity index (χ2v) is 8.73. The lowest BCUT2D eigenvalue weighted by Gasteiger charge is -2.28. The lowest BCUT2D eigenvalue weighted by atomic mass is 9.96. The van der Waals surface area contributed by atoms with E-state index in [0.717, 1.165) is 28.8 Å². The number of ether oxygens (including phenoxy) is 1. The van der Waals surface area contributed by atoms with Crippen molar-refractivity contribution in [2.24, 2.45) is 4.99 Å². The first kappa shape index (κ1) is 21.7. The van der Waals surface area contributed by atoms with Crippen LogP contribution in [0.3, 0.4) is 0 Å². The number of amidine groups is 1. The van der Waals surface area contributed by atoms with E-state index in [9.17, 15) is 4.79 Å². The summed E-state index contributed by atoms with van der Waals surface area (Å²) in [4.78, 5) is 24.3.